The average Bonchev–Trinajstić information content (AvgIpc) is 3.13. The first kappa shape index (κ1) is 19.9. The molecule has 0 radical (unpaired) electrons. The van der Waals surface area contributed by atoms with Gasteiger partial charge in [0.1, 0.15) is 5.75 Å². The van der Waals surface area contributed by atoms with Crippen LogP contribution in [0.3, 0.4) is 0 Å². The number of rotatable bonds is 5. The fourth-order valence-corrected chi connectivity index (χ4v) is 3.82. The van der Waals surface area contributed by atoms with Crippen molar-refractivity contribution in [2.75, 3.05) is 52.9 Å². The molecule has 3 rings (SSSR count). The molecule has 8 heteroatoms. The van der Waals surface area contributed by atoms with Crippen LogP contribution in [-0.4, -0.2) is 74.8 Å². The maximum atomic E-state index is 12.8. The Morgan fingerprint density at radius 3 is 2.59 bits per heavy atom. The van der Waals surface area contributed by atoms with Gasteiger partial charge in [-0.15, -0.1) is 0 Å². The summed E-state index contributed by atoms with van der Waals surface area (Å²) < 4.78 is 43.0. The molecule has 2 aliphatic rings. The Hall–Kier alpha value is -1.80. The SMILES string of the molecule is COc1ccc(C(=O)N2CCN(CC(F)(F)F)CC2)cc1CC1CCNC1. The molecule has 27 heavy (non-hydrogen) atoms. The maximum Gasteiger partial charge on any atom is 0.401 e. The van der Waals surface area contributed by atoms with E-state index in [2.05, 4.69) is 5.32 Å². The molecule has 0 aromatic heterocycles. The topological polar surface area (TPSA) is 44.8 Å². The molecule has 0 saturated carbocycles. The number of alkyl halides is 3. The molecule has 0 spiro atoms. The summed E-state index contributed by atoms with van der Waals surface area (Å²) in [6, 6.07) is 5.42. The van der Waals surface area contributed by atoms with E-state index in [0.717, 1.165) is 37.2 Å². The average molecular weight is 385 g/mol. The molecule has 5 nitrogen and oxygen atoms in total. The number of hydrogen-bond donors (Lipinski definition) is 1. The number of methoxy groups -OCH3 is 1. The monoisotopic (exact) mass is 385 g/mol. The molecule has 1 aromatic rings. The molecular weight excluding hydrogens is 359 g/mol. The van der Waals surface area contributed by atoms with Crippen LogP contribution in [-0.2, 0) is 6.42 Å². The Kier molecular flexibility index (Phi) is 6.26. The lowest BCUT2D eigenvalue weighted by molar-refractivity contribution is -0.148. The van der Waals surface area contributed by atoms with Crippen molar-refractivity contribution in [3.63, 3.8) is 0 Å². The fourth-order valence-electron chi connectivity index (χ4n) is 3.82. The second kappa shape index (κ2) is 8.48. The van der Waals surface area contributed by atoms with Crippen molar-refractivity contribution in [1.82, 2.24) is 15.1 Å². The molecule has 150 valence electrons. The lowest BCUT2D eigenvalue weighted by Gasteiger charge is -2.35. The van der Waals surface area contributed by atoms with Crippen LogP contribution >= 0.6 is 0 Å². The van der Waals surface area contributed by atoms with Gasteiger partial charge in [0.25, 0.3) is 5.91 Å². The Balaban J connectivity index is 1.64. The third kappa shape index (κ3) is 5.35. The van der Waals surface area contributed by atoms with Gasteiger partial charge in [-0.1, -0.05) is 0 Å². The molecule has 1 N–H and O–H groups in total. The van der Waals surface area contributed by atoms with Crippen LogP contribution in [0.25, 0.3) is 0 Å². The molecule has 2 saturated heterocycles. The van der Waals surface area contributed by atoms with E-state index in [9.17, 15) is 18.0 Å². The van der Waals surface area contributed by atoms with Crippen molar-refractivity contribution in [2.24, 2.45) is 5.92 Å². The van der Waals surface area contributed by atoms with E-state index in [1.54, 1.807) is 18.1 Å². The van der Waals surface area contributed by atoms with Crippen molar-refractivity contribution in [3.8, 4) is 5.75 Å². The largest absolute Gasteiger partial charge is 0.496 e. The number of benzene rings is 1. The number of amides is 1. The lowest BCUT2D eigenvalue weighted by Crippen LogP contribution is -2.50. The summed E-state index contributed by atoms with van der Waals surface area (Å²) in [5.74, 6) is 1.17. The zero-order chi connectivity index (χ0) is 19.4. The molecule has 0 bridgehead atoms. The van der Waals surface area contributed by atoms with Crippen LogP contribution in [0.15, 0.2) is 18.2 Å². The third-order valence-electron chi connectivity index (χ3n) is 5.26. The molecule has 2 aliphatic heterocycles. The van der Waals surface area contributed by atoms with Crippen LogP contribution < -0.4 is 10.1 Å². The minimum absolute atomic E-state index is 0.130. The van der Waals surface area contributed by atoms with E-state index in [0.29, 0.717) is 24.6 Å². The number of halogens is 3. The molecule has 1 aromatic carbocycles. The summed E-state index contributed by atoms with van der Waals surface area (Å²) in [5.41, 5.74) is 1.58. The first-order chi connectivity index (χ1) is 12.9. The second-order valence-electron chi connectivity index (χ2n) is 7.27. The Bertz CT molecular complexity index is 652. The molecular formula is C19H26F3N3O2. The van der Waals surface area contributed by atoms with Gasteiger partial charge in [-0.25, -0.2) is 0 Å². The van der Waals surface area contributed by atoms with Gasteiger partial charge in [0.05, 0.1) is 13.7 Å². The number of nitrogens with zero attached hydrogens (tertiary/aromatic N) is 2. The normalized spacial score (nSPS) is 21.5. The van der Waals surface area contributed by atoms with E-state index in [1.807, 2.05) is 12.1 Å². The van der Waals surface area contributed by atoms with E-state index in [1.165, 1.54) is 4.90 Å². The van der Waals surface area contributed by atoms with Crippen LogP contribution in [0.4, 0.5) is 13.2 Å². The predicted octanol–water partition coefficient (Wildman–Crippen LogP) is 2.17. The van der Waals surface area contributed by atoms with Crippen molar-refractivity contribution < 1.29 is 22.7 Å². The van der Waals surface area contributed by atoms with Gasteiger partial charge in [0.15, 0.2) is 0 Å². The smallest absolute Gasteiger partial charge is 0.401 e. The number of hydrogen-bond acceptors (Lipinski definition) is 4. The van der Waals surface area contributed by atoms with Crippen LogP contribution in [0, 0.1) is 5.92 Å². The minimum atomic E-state index is -4.20. The summed E-state index contributed by atoms with van der Waals surface area (Å²) in [6.45, 7) is 2.14. The van der Waals surface area contributed by atoms with E-state index >= 15 is 0 Å². The summed E-state index contributed by atoms with van der Waals surface area (Å²) in [6.07, 6.45) is -2.26. The molecule has 2 fully saturated rings. The minimum Gasteiger partial charge on any atom is -0.496 e. The Morgan fingerprint density at radius 2 is 2.00 bits per heavy atom. The van der Waals surface area contributed by atoms with E-state index < -0.39 is 12.7 Å². The zero-order valence-corrected chi connectivity index (χ0v) is 15.5. The third-order valence-corrected chi connectivity index (χ3v) is 5.26. The van der Waals surface area contributed by atoms with Gasteiger partial charge < -0.3 is 15.0 Å². The molecule has 1 unspecified atom stereocenters. The van der Waals surface area contributed by atoms with Gasteiger partial charge in [0.2, 0.25) is 0 Å². The summed E-state index contributed by atoms with van der Waals surface area (Å²) in [5, 5.41) is 3.34. The second-order valence-corrected chi connectivity index (χ2v) is 7.27. The lowest BCUT2D eigenvalue weighted by atomic mass is 9.96. The first-order valence-electron chi connectivity index (χ1n) is 9.32. The van der Waals surface area contributed by atoms with Crippen molar-refractivity contribution >= 4 is 5.91 Å². The quantitative estimate of drug-likeness (QED) is 0.844. The standard InChI is InChI=1S/C19H26F3N3O2/c1-27-17-3-2-15(11-16(17)10-14-4-5-23-12-14)18(26)25-8-6-24(7-9-25)13-19(20,21)22/h2-3,11,14,23H,4-10,12-13H2,1H3. The van der Waals surface area contributed by atoms with Gasteiger partial charge in [-0.05, 0) is 55.6 Å². The molecule has 0 aliphatic carbocycles. The summed E-state index contributed by atoms with van der Waals surface area (Å²) in [7, 11) is 1.62. The van der Waals surface area contributed by atoms with Crippen molar-refractivity contribution in [2.45, 2.75) is 19.0 Å². The number of carbonyl (C=O) groups excluding carboxylic acids is 1. The van der Waals surface area contributed by atoms with Crippen molar-refractivity contribution in [1.29, 1.82) is 0 Å². The first-order valence-corrected chi connectivity index (χ1v) is 9.32. The van der Waals surface area contributed by atoms with Crippen molar-refractivity contribution in [3.05, 3.63) is 29.3 Å². The highest BCUT2D eigenvalue weighted by molar-refractivity contribution is 5.94. The van der Waals surface area contributed by atoms with Gasteiger partial charge >= 0.3 is 6.18 Å². The zero-order valence-electron chi connectivity index (χ0n) is 15.5. The van der Waals surface area contributed by atoms with Gasteiger partial charge in [-0.2, -0.15) is 13.2 Å². The van der Waals surface area contributed by atoms with Crippen LogP contribution in [0.5, 0.6) is 5.75 Å². The Morgan fingerprint density at radius 1 is 1.26 bits per heavy atom. The fraction of sp³-hybridized carbons (Fsp3) is 0.632. The number of piperazine rings is 1. The van der Waals surface area contributed by atoms with Gasteiger partial charge in [0, 0.05) is 31.7 Å². The van der Waals surface area contributed by atoms with Gasteiger partial charge in [-0.3, -0.25) is 9.69 Å². The van der Waals surface area contributed by atoms with Crippen LogP contribution in [0.2, 0.25) is 0 Å². The molecule has 1 atom stereocenters. The predicted molar refractivity (Wildman–Crippen MR) is 96.1 cm³/mol. The van der Waals surface area contributed by atoms with E-state index in [4.69, 9.17) is 4.74 Å². The highest BCUT2D eigenvalue weighted by atomic mass is 19.4. The number of ether oxygens (including phenoxy) is 1. The summed E-state index contributed by atoms with van der Waals surface area (Å²) in [4.78, 5) is 15.8. The summed E-state index contributed by atoms with van der Waals surface area (Å²) >= 11 is 0. The number of carbonyl (C=O) groups is 1. The number of nitrogens with one attached hydrogen (secondary N) is 1. The highest BCUT2D eigenvalue weighted by Crippen LogP contribution is 2.26. The van der Waals surface area contributed by atoms with Crippen LogP contribution in [0.1, 0.15) is 22.3 Å². The highest BCUT2D eigenvalue weighted by Gasteiger charge is 2.33. The molecule has 1 amide bonds. The Labute approximate surface area is 157 Å². The maximum absolute atomic E-state index is 12.8. The molecule has 2 heterocycles. The van der Waals surface area contributed by atoms with E-state index in [-0.39, 0.29) is 19.0 Å².